The number of carbonyl (C=O) groups is 2. The van der Waals surface area contributed by atoms with E-state index in [1.165, 1.54) is 6.92 Å². The van der Waals surface area contributed by atoms with Crippen molar-refractivity contribution in [3.05, 3.63) is 47.8 Å². The van der Waals surface area contributed by atoms with Gasteiger partial charge >= 0.3 is 0 Å². The van der Waals surface area contributed by atoms with Crippen molar-refractivity contribution in [1.82, 2.24) is 14.7 Å². The Hall–Kier alpha value is -2.63. The van der Waals surface area contributed by atoms with Gasteiger partial charge in [0, 0.05) is 45.0 Å². The average Bonchev–Trinajstić information content (AvgIpc) is 2.85. The van der Waals surface area contributed by atoms with Crippen LogP contribution in [-0.4, -0.2) is 33.5 Å². The maximum absolute atomic E-state index is 12.2. The van der Waals surface area contributed by atoms with E-state index in [0.717, 1.165) is 16.8 Å². The van der Waals surface area contributed by atoms with Crippen molar-refractivity contribution in [3.8, 4) is 0 Å². The number of nitrogens with zero attached hydrogens (tertiary/aromatic N) is 3. The lowest BCUT2D eigenvalue weighted by molar-refractivity contribution is -0.129. The van der Waals surface area contributed by atoms with Gasteiger partial charge in [-0.1, -0.05) is 12.1 Å². The molecular formula is C16H20N4O2. The van der Waals surface area contributed by atoms with Crippen LogP contribution in [0.3, 0.4) is 0 Å². The summed E-state index contributed by atoms with van der Waals surface area (Å²) in [5.41, 5.74) is 2.64. The summed E-state index contributed by atoms with van der Waals surface area (Å²) >= 11 is 0. The van der Waals surface area contributed by atoms with E-state index in [1.807, 2.05) is 25.4 Å². The van der Waals surface area contributed by atoms with Gasteiger partial charge in [-0.3, -0.25) is 14.3 Å². The summed E-state index contributed by atoms with van der Waals surface area (Å²) in [6, 6.07) is 7.29. The smallest absolute Gasteiger partial charge is 0.227 e. The molecule has 6 heteroatoms. The molecule has 2 rings (SSSR count). The molecule has 0 saturated heterocycles. The molecule has 0 unspecified atom stereocenters. The lowest BCUT2D eigenvalue weighted by Gasteiger charge is -2.16. The van der Waals surface area contributed by atoms with Crippen LogP contribution in [0.25, 0.3) is 0 Å². The number of carbonyl (C=O) groups excluding carboxylic acids is 2. The minimum absolute atomic E-state index is 0.0381. The number of nitrogens with one attached hydrogen (secondary N) is 1. The molecule has 0 atom stereocenters. The quantitative estimate of drug-likeness (QED) is 0.911. The largest absolute Gasteiger partial charge is 0.341 e. The molecule has 1 N–H and O–H groups in total. The van der Waals surface area contributed by atoms with Crippen LogP contribution in [0, 0.1) is 0 Å². The molecule has 0 saturated carbocycles. The molecule has 1 aromatic heterocycles. The molecule has 0 radical (unpaired) electrons. The van der Waals surface area contributed by atoms with Gasteiger partial charge in [0.15, 0.2) is 0 Å². The van der Waals surface area contributed by atoms with Crippen LogP contribution in [0.4, 0.5) is 5.69 Å². The summed E-state index contributed by atoms with van der Waals surface area (Å²) in [6.07, 6.45) is 3.98. The third kappa shape index (κ3) is 4.44. The number of benzene rings is 1. The molecule has 0 fully saturated rings. The topological polar surface area (TPSA) is 67.2 Å². The lowest BCUT2D eigenvalue weighted by atomic mass is 10.1. The van der Waals surface area contributed by atoms with E-state index < -0.39 is 0 Å². The van der Waals surface area contributed by atoms with Crippen LogP contribution in [0.1, 0.15) is 18.1 Å². The minimum atomic E-state index is -0.111. The summed E-state index contributed by atoms with van der Waals surface area (Å²) in [5.74, 6) is -0.0730. The molecule has 1 heterocycles. The molecule has 22 heavy (non-hydrogen) atoms. The molecule has 116 valence electrons. The van der Waals surface area contributed by atoms with Gasteiger partial charge in [0.1, 0.15) is 0 Å². The number of aryl methyl sites for hydroxylation is 1. The molecule has 0 aliphatic carbocycles. The van der Waals surface area contributed by atoms with Crippen LogP contribution < -0.4 is 5.32 Å². The van der Waals surface area contributed by atoms with Crippen molar-refractivity contribution < 1.29 is 9.59 Å². The summed E-state index contributed by atoms with van der Waals surface area (Å²) in [6.45, 7) is 2.00. The molecule has 6 nitrogen and oxygen atoms in total. The van der Waals surface area contributed by atoms with Crippen molar-refractivity contribution >= 4 is 17.5 Å². The predicted molar refractivity (Wildman–Crippen MR) is 84.1 cm³/mol. The number of aromatic nitrogens is 2. The molecule has 2 amide bonds. The predicted octanol–water partition coefficient (Wildman–Crippen LogP) is 1.58. The van der Waals surface area contributed by atoms with Crippen molar-refractivity contribution in [2.75, 3.05) is 12.4 Å². The molecule has 0 bridgehead atoms. The van der Waals surface area contributed by atoms with E-state index in [0.29, 0.717) is 13.0 Å². The first kappa shape index (κ1) is 15.8. The number of amides is 2. The highest BCUT2D eigenvalue weighted by Crippen LogP contribution is 2.11. The average molecular weight is 300 g/mol. The maximum atomic E-state index is 12.2. The third-order valence-electron chi connectivity index (χ3n) is 3.23. The van der Waals surface area contributed by atoms with Gasteiger partial charge in [0.05, 0.1) is 12.6 Å². The maximum Gasteiger partial charge on any atom is 0.227 e. The second-order valence-corrected chi connectivity index (χ2v) is 5.33. The SMILES string of the molecule is CC(=O)Nc1ccc(CC(=O)N(C)Cc2cnn(C)c2)cc1. The number of anilines is 1. The van der Waals surface area contributed by atoms with E-state index in [-0.39, 0.29) is 11.8 Å². The zero-order chi connectivity index (χ0) is 16.1. The lowest BCUT2D eigenvalue weighted by Crippen LogP contribution is -2.27. The van der Waals surface area contributed by atoms with E-state index in [9.17, 15) is 9.59 Å². The number of likely N-dealkylation sites (N-methyl/N-ethyl adjacent to an activating group) is 1. The minimum Gasteiger partial charge on any atom is -0.341 e. The van der Waals surface area contributed by atoms with Crippen LogP contribution in [0.5, 0.6) is 0 Å². The second kappa shape index (κ2) is 6.89. The fraction of sp³-hybridized carbons (Fsp3) is 0.312. The Morgan fingerprint density at radius 2 is 1.91 bits per heavy atom. The van der Waals surface area contributed by atoms with Crippen molar-refractivity contribution in [1.29, 1.82) is 0 Å². The Morgan fingerprint density at radius 3 is 2.45 bits per heavy atom. The number of hydrogen-bond acceptors (Lipinski definition) is 3. The van der Waals surface area contributed by atoms with Crippen LogP contribution in [0.15, 0.2) is 36.7 Å². The second-order valence-electron chi connectivity index (χ2n) is 5.33. The van der Waals surface area contributed by atoms with Gasteiger partial charge in [0.2, 0.25) is 11.8 Å². The molecular weight excluding hydrogens is 280 g/mol. The van der Waals surface area contributed by atoms with Crippen molar-refractivity contribution in [2.24, 2.45) is 7.05 Å². The Kier molecular flexibility index (Phi) is 4.93. The first-order valence-corrected chi connectivity index (χ1v) is 7.02. The fourth-order valence-electron chi connectivity index (χ4n) is 2.13. The molecule has 0 aliphatic rings. The highest BCUT2D eigenvalue weighted by Gasteiger charge is 2.11. The van der Waals surface area contributed by atoms with E-state index >= 15 is 0 Å². The monoisotopic (exact) mass is 300 g/mol. The van der Waals surface area contributed by atoms with Gasteiger partial charge in [-0.2, -0.15) is 5.10 Å². The first-order valence-electron chi connectivity index (χ1n) is 7.02. The van der Waals surface area contributed by atoms with Crippen LogP contribution in [0.2, 0.25) is 0 Å². The molecule has 1 aromatic carbocycles. The van der Waals surface area contributed by atoms with Crippen molar-refractivity contribution in [2.45, 2.75) is 19.9 Å². The standard InChI is InChI=1S/C16H20N4O2/c1-12(21)18-15-6-4-13(5-7-15)8-16(22)19(2)10-14-9-17-20(3)11-14/h4-7,9,11H,8,10H2,1-3H3,(H,18,21). The molecule has 0 spiro atoms. The zero-order valence-electron chi connectivity index (χ0n) is 13.0. The van der Waals surface area contributed by atoms with Gasteiger partial charge < -0.3 is 10.2 Å². The van der Waals surface area contributed by atoms with E-state index in [2.05, 4.69) is 10.4 Å². The van der Waals surface area contributed by atoms with E-state index in [4.69, 9.17) is 0 Å². The normalized spacial score (nSPS) is 10.3. The zero-order valence-corrected chi connectivity index (χ0v) is 13.0. The summed E-state index contributed by atoms with van der Waals surface area (Å²) in [4.78, 5) is 24.9. The Morgan fingerprint density at radius 1 is 1.23 bits per heavy atom. The molecule has 0 aliphatic heterocycles. The first-order chi connectivity index (χ1) is 10.4. The van der Waals surface area contributed by atoms with E-state index in [1.54, 1.807) is 35.0 Å². The fourth-order valence-corrected chi connectivity index (χ4v) is 2.13. The van der Waals surface area contributed by atoms with Gasteiger partial charge in [-0.15, -0.1) is 0 Å². The van der Waals surface area contributed by atoms with Gasteiger partial charge in [-0.25, -0.2) is 0 Å². The number of hydrogen-bond donors (Lipinski definition) is 1. The summed E-state index contributed by atoms with van der Waals surface area (Å²) in [7, 11) is 3.63. The Balaban J connectivity index is 1.91. The Bertz CT molecular complexity index is 661. The molecule has 2 aromatic rings. The Labute approximate surface area is 129 Å². The van der Waals surface area contributed by atoms with Gasteiger partial charge in [0.25, 0.3) is 0 Å². The van der Waals surface area contributed by atoms with Crippen LogP contribution in [-0.2, 0) is 29.6 Å². The highest BCUT2D eigenvalue weighted by atomic mass is 16.2. The summed E-state index contributed by atoms with van der Waals surface area (Å²) in [5, 5.41) is 6.79. The van der Waals surface area contributed by atoms with Gasteiger partial charge in [-0.05, 0) is 17.7 Å². The number of rotatable bonds is 5. The highest BCUT2D eigenvalue weighted by molar-refractivity contribution is 5.88. The summed E-state index contributed by atoms with van der Waals surface area (Å²) < 4.78 is 1.72. The van der Waals surface area contributed by atoms with Crippen molar-refractivity contribution in [3.63, 3.8) is 0 Å². The third-order valence-corrected chi connectivity index (χ3v) is 3.23. The van der Waals surface area contributed by atoms with Crippen LogP contribution >= 0.6 is 0 Å².